The first-order valence-corrected chi connectivity index (χ1v) is 6.69. The van der Waals surface area contributed by atoms with Crippen molar-refractivity contribution in [3.8, 4) is 0 Å². The quantitative estimate of drug-likeness (QED) is 0.901. The average Bonchev–Trinajstić information content (AvgIpc) is 2.46. The molecule has 0 unspecified atom stereocenters. The van der Waals surface area contributed by atoms with E-state index < -0.39 is 0 Å². The highest BCUT2D eigenvalue weighted by Gasteiger charge is 2.08. The van der Waals surface area contributed by atoms with E-state index in [1.165, 1.54) is 0 Å². The molecule has 5 nitrogen and oxygen atoms in total. The van der Waals surface area contributed by atoms with Crippen molar-refractivity contribution in [2.45, 2.75) is 0 Å². The lowest BCUT2D eigenvalue weighted by Crippen LogP contribution is -2.33. The number of carbonyl (C=O) groups excluding carboxylic acids is 2. The molecule has 2 amide bonds. The highest BCUT2D eigenvalue weighted by Crippen LogP contribution is 2.11. The van der Waals surface area contributed by atoms with Gasteiger partial charge in [-0.25, -0.2) is 4.98 Å². The fraction of sp³-hybridized carbons (Fsp3) is 0.0714. The third-order valence-electron chi connectivity index (χ3n) is 2.43. The van der Waals surface area contributed by atoms with Crippen LogP contribution in [0.5, 0.6) is 0 Å². The van der Waals surface area contributed by atoms with Crippen LogP contribution in [0.3, 0.4) is 0 Å². The Labute approximate surface area is 124 Å². The summed E-state index contributed by atoms with van der Waals surface area (Å²) >= 11 is 3.29. The number of hydrogen-bond acceptors (Lipinski definition) is 3. The number of rotatable bonds is 4. The summed E-state index contributed by atoms with van der Waals surface area (Å²) in [6, 6.07) is 12.1. The molecule has 0 saturated heterocycles. The summed E-state index contributed by atoms with van der Waals surface area (Å²) < 4.78 is 0.808. The SMILES string of the molecule is O=C(CNC(=O)c1cccc(Br)c1)Nc1ccccn1. The molecule has 0 radical (unpaired) electrons. The van der Waals surface area contributed by atoms with Crippen molar-refractivity contribution in [1.29, 1.82) is 0 Å². The highest BCUT2D eigenvalue weighted by atomic mass is 79.9. The van der Waals surface area contributed by atoms with Gasteiger partial charge in [0.2, 0.25) is 5.91 Å². The number of hydrogen-bond donors (Lipinski definition) is 2. The van der Waals surface area contributed by atoms with Crippen molar-refractivity contribution in [3.63, 3.8) is 0 Å². The Balaban J connectivity index is 1.86. The zero-order valence-corrected chi connectivity index (χ0v) is 12.1. The molecule has 0 aliphatic rings. The molecule has 1 heterocycles. The number of carbonyl (C=O) groups is 2. The molecule has 20 heavy (non-hydrogen) atoms. The maximum absolute atomic E-state index is 11.8. The molecule has 0 bridgehead atoms. The number of nitrogens with one attached hydrogen (secondary N) is 2. The van der Waals surface area contributed by atoms with E-state index in [1.807, 2.05) is 6.07 Å². The Morgan fingerprint density at radius 3 is 2.70 bits per heavy atom. The van der Waals surface area contributed by atoms with Gasteiger partial charge in [0, 0.05) is 16.2 Å². The largest absolute Gasteiger partial charge is 0.343 e. The van der Waals surface area contributed by atoms with Gasteiger partial charge in [-0.15, -0.1) is 0 Å². The van der Waals surface area contributed by atoms with Gasteiger partial charge in [-0.3, -0.25) is 9.59 Å². The van der Waals surface area contributed by atoms with Gasteiger partial charge in [0.1, 0.15) is 5.82 Å². The van der Waals surface area contributed by atoms with Crippen LogP contribution in [0.2, 0.25) is 0 Å². The lowest BCUT2D eigenvalue weighted by atomic mass is 10.2. The molecule has 102 valence electrons. The minimum atomic E-state index is -0.327. The van der Waals surface area contributed by atoms with E-state index in [4.69, 9.17) is 0 Å². The Hall–Kier alpha value is -2.21. The topological polar surface area (TPSA) is 71.1 Å². The van der Waals surface area contributed by atoms with E-state index in [1.54, 1.807) is 42.6 Å². The Morgan fingerprint density at radius 2 is 2.00 bits per heavy atom. The second-order valence-electron chi connectivity index (χ2n) is 3.96. The number of amides is 2. The maximum Gasteiger partial charge on any atom is 0.251 e. The first kappa shape index (κ1) is 14.2. The molecule has 0 aliphatic carbocycles. The molecular formula is C14H12BrN3O2. The summed E-state index contributed by atoms with van der Waals surface area (Å²) in [5.74, 6) is -0.177. The van der Waals surface area contributed by atoms with Crippen molar-refractivity contribution < 1.29 is 9.59 Å². The lowest BCUT2D eigenvalue weighted by molar-refractivity contribution is -0.115. The summed E-state index contributed by atoms with van der Waals surface area (Å²) in [4.78, 5) is 27.4. The molecule has 0 spiro atoms. The Morgan fingerprint density at radius 1 is 1.15 bits per heavy atom. The fourth-order valence-electron chi connectivity index (χ4n) is 1.52. The van der Waals surface area contributed by atoms with Crippen molar-refractivity contribution >= 4 is 33.6 Å². The zero-order valence-electron chi connectivity index (χ0n) is 10.5. The van der Waals surface area contributed by atoms with Crippen LogP contribution in [-0.2, 0) is 4.79 Å². The monoisotopic (exact) mass is 333 g/mol. The predicted molar refractivity (Wildman–Crippen MR) is 79.3 cm³/mol. The molecule has 2 aromatic rings. The van der Waals surface area contributed by atoms with Gasteiger partial charge in [0.05, 0.1) is 6.54 Å². The van der Waals surface area contributed by atoms with E-state index in [2.05, 4.69) is 31.5 Å². The summed E-state index contributed by atoms with van der Waals surface area (Å²) in [5.41, 5.74) is 0.491. The average molecular weight is 334 g/mol. The standard InChI is InChI=1S/C14H12BrN3O2/c15-11-5-3-4-10(8-11)14(20)17-9-13(19)18-12-6-1-2-7-16-12/h1-8H,9H2,(H,17,20)(H,16,18,19). The van der Waals surface area contributed by atoms with Crippen molar-refractivity contribution in [2.24, 2.45) is 0 Å². The van der Waals surface area contributed by atoms with Gasteiger partial charge in [-0.05, 0) is 30.3 Å². The minimum absolute atomic E-state index is 0.109. The molecule has 2 N–H and O–H groups in total. The molecule has 0 aliphatic heterocycles. The van der Waals surface area contributed by atoms with Gasteiger partial charge < -0.3 is 10.6 Å². The number of anilines is 1. The smallest absolute Gasteiger partial charge is 0.251 e. The van der Waals surface area contributed by atoms with Gasteiger partial charge >= 0.3 is 0 Å². The summed E-state index contributed by atoms with van der Waals surface area (Å²) in [6.07, 6.45) is 1.58. The number of benzene rings is 1. The van der Waals surface area contributed by atoms with E-state index in [-0.39, 0.29) is 18.4 Å². The molecule has 6 heteroatoms. The second kappa shape index (κ2) is 6.81. The molecule has 0 atom stereocenters. The van der Waals surface area contributed by atoms with E-state index >= 15 is 0 Å². The molecule has 1 aromatic carbocycles. The lowest BCUT2D eigenvalue weighted by Gasteiger charge is -2.06. The van der Waals surface area contributed by atoms with Crippen LogP contribution in [0.25, 0.3) is 0 Å². The fourth-order valence-corrected chi connectivity index (χ4v) is 1.92. The summed E-state index contributed by atoms with van der Waals surface area (Å²) in [7, 11) is 0. The third kappa shape index (κ3) is 4.17. The number of nitrogens with zero attached hydrogens (tertiary/aromatic N) is 1. The van der Waals surface area contributed by atoms with Gasteiger partial charge in [-0.2, -0.15) is 0 Å². The van der Waals surface area contributed by atoms with Crippen molar-refractivity contribution in [1.82, 2.24) is 10.3 Å². The minimum Gasteiger partial charge on any atom is -0.343 e. The molecule has 2 rings (SSSR count). The van der Waals surface area contributed by atoms with Crippen LogP contribution in [-0.4, -0.2) is 23.3 Å². The van der Waals surface area contributed by atoms with Gasteiger partial charge in [0.25, 0.3) is 5.91 Å². The summed E-state index contributed by atoms with van der Waals surface area (Å²) in [6.45, 7) is -0.109. The predicted octanol–water partition coefficient (Wildman–Crippen LogP) is 2.21. The van der Waals surface area contributed by atoms with Gasteiger partial charge in [0.15, 0.2) is 0 Å². The van der Waals surface area contributed by atoms with Crippen LogP contribution in [0.4, 0.5) is 5.82 Å². The van der Waals surface area contributed by atoms with Crippen molar-refractivity contribution in [2.75, 3.05) is 11.9 Å². The highest BCUT2D eigenvalue weighted by molar-refractivity contribution is 9.10. The normalized spacial score (nSPS) is 9.85. The van der Waals surface area contributed by atoms with E-state index in [0.717, 1.165) is 4.47 Å². The van der Waals surface area contributed by atoms with E-state index in [9.17, 15) is 9.59 Å². The Kier molecular flexibility index (Phi) is 4.84. The summed E-state index contributed by atoms with van der Waals surface area (Å²) in [5, 5.41) is 5.13. The van der Waals surface area contributed by atoms with Crippen LogP contribution in [0, 0.1) is 0 Å². The maximum atomic E-state index is 11.8. The van der Waals surface area contributed by atoms with Crippen LogP contribution in [0.15, 0.2) is 53.1 Å². The third-order valence-corrected chi connectivity index (χ3v) is 2.92. The molecule has 1 aromatic heterocycles. The zero-order chi connectivity index (χ0) is 14.4. The van der Waals surface area contributed by atoms with Crippen LogP contribution in [0.1, 0.15) is 10.4 Å². The number of pyridine rings is 1. The van der Waals surface area contributed by atoms with Crippen LogP contribution >= 0.6 is 15.9 Å². The van der Waals surface area contributed by atoms with Crippen LogP contribution < -0.4 is 10.6 Å². The number of halogens is 1. The first-order chi connectivity index (χ1) is 9.65. The molecule has 0 saturated carbocycles. The van der Waals surface area contributed by atoms with E-state index in [0.29, 0.717) is 11.4 Å². The second-order valence-corrected chi connectivity index (χ2v) is 4.87. The molecule has 0 fully saturated rings. The molecular weight excluding hydrogens is 322 g/mol. The van der Waals surface area contributed by atoms with Crippen molar-refractivity contribution in [3.05, 3.63) is 58.7 Å². The number of aromatic nitrogens is 1. The van der Waals surface area contributed by atoms with Gasteiger partial charge in [-0.1, -0.05) is 28.1 Å². The first-order valence-electron chi connectivity index (χ1n) is 5.90. The Bertz CT molecular complexity index is 617.